The summed E-state index contributed by atoms with van der Waals surface area (Å²) in [5.74, 6) is 0.833. The van der Waals surface area contributed by atoms with Crippen molar-refractivity contribution in [2.75, 3.05) is 44.7 Å². The maximum Gasteiger partial charge on any atom is 0.251 e. The third-order valence-electron chi connectivity index (χ3n) is 5.19. The molecule has 3 heterocycles. The van der Waals surface area contributed by atoms with E-state index in [-0.39, 0.29) is 5.91 Å². The molecule has 1 fully saturated rings. The predicted molar refractivity (Wildman–Crippen MR) is 108 cm³/mol. The first kappa shape index (κ1) is 17.5. The zero-order valence-corrected chi connectivity index (χ0v) is 15.6. The molecule has 4 rings (SSSR count). The topological polar surface area (TPSA) is 64.3 Å². The van der Waals surface area contributed by atoms with Gasteiger partial charge in [0, 0.05) is 61.6 Å². The van der Waals surface area contributed by atoms with Crippen LogP contribution >= 0.6 is 0 Å². The average molecular weight is 363 g/mol. The standard InChI is InChI=1S/C21H25N5O/c1-25-10-12-26(13-11-25)20-14-16(6-8-22-20)21(27)23-9-7-17-15-24-19-5-3-2-4-18(17)19/h2-6,8,14-15,24H,7,9-13H2,1H3,(H,23,27). The van der Waals surface area contributed by atoms with Gasteiger partial charge in [0.05, 0.1) is 0 Å². The lowest BCUT2D eigenvalue weighted by Gasteiger charge is -2.33. The molecule has 27 heavy (non-hydrogen) atoms. The van der Waals surface area contributed by atoms with Gasteiger partial charge < -0.3 is 20.1 Å². The summed E-state index contributed by atoms with van der Waals surface area (Å²) in [7, 11) is 2.13. The number of nitrogens with zero attached hydrogens (tertiary/aromatic N) is 3. The van der Waals surface area contributed by atoms with Crippen LogP contribution in [-0.2, 0) is 6.42 Å². The molecule has 3 aromatic rings. The second kappa shape index (κ2) is 7.80. The molecule has 1 aliphatic rings. The highest BCUT2D eigenvalue weighted by molar-refractivity contribution is 5.94. The summed E-state index contributed by atoms with van der Waals surface area (Å²) >= 11 is 0. The first-order valence-corrected chi connectivity index (χ1v) is 9.43. The second-order valence-corrected chi connectivity index (χ2v) is 7.06. The molecule has 1 aliphatic heterocycles. The van der Waals surface area contributed by atoms with Gasteiger partial charge >= 0.3 is 0 Å². The van der Waals surface area contributed by atoms with Crippen LogP contribution < -0.4 is 10.2 Å². The zero-order chi connectivity index (χ0) is 18.6. The molecule has 1 saturated heterocycles. The number of likely N-dealkylation sites (N-methyl/N-ethyl adjacent to an activating group) is 1. The van der Waals surface area contributed by atoms with Crippen molar-refractivity contribution in [1.82, 2.24) is 20.2 Å². The number of hydrogen-bond donors (Lipinski definition) is 2. The number of carbonyl (C=O) groups is 1. The van der Waals surface area contributed by atoms with E-state index in [2.05, 4.69) is 44.3 Å². The number of anilines is 1. The monoisotopic (exact) mass is 363 g/mol. The van der Waals surface area contributed by atoms with Gasteiger partial charge in [-0.3, -0.25) is 4.79 Å². The van der Waals surface area contributed by atoms with Crippen LogP contribution in [0.1, 0.15) is 15.9 Å². The summed E-state index contributed by atoms with van der Waals surface area (Å²) in [6.07, 6.45) is 4.54. The van der Waals surface area contributed by atoms with Crippen LogP contribution in [0, 0.1) is 0 Å². The maximum atomic E-state index is 12.6. The number of amides is 1. The van der Waals surface area contributed by atoms with E-state index in [9.17, 15) is 4.79 Å². The van der Waals surface area contributed by atoms with Crippen LogP contribution in [0.5, 0.6) is 0 Å². The van der Waals surface area contributed by atoms with Gasteiger partial charge in [-0.1, -0.05) is 18.2 Å². The molecule has 0 radical (unpaired) electrons. The number of H-pyrrole nitrogens is 1. The van der Waals surface area contributed by atoms with Gasteiger partial charge in [0.25, 0.3) is 5.91 Å². The minimum Gasteiger partial charge on any atom is -0.361 e. The van der Waals surface area contributed by atoms with Crippen LogP contribution in [0.4, 0.5) is 5.82 Å². The lowest BCUT2D eigenvalue weighted by molar-refractivity contribution is 0.0954. The molecule has 0 atom stereocenters. The van der Waals surface area contributed by atoms with E-state index in [4.69, 9.17) is 0 Å². The highest BCUT2D eigenvalue weighted by Gasteiger charge is 2.16. The Balaban J connectivity index is 1.36. The SMILES string of the molecule is CN1CCN(c2cc(C(=O)NCCc3c[nH]c4ccccc34)ccn2)CC1. The normalized spacial score (nSPS) is 15.2. The number of benzene rings is 1. The molecule has 6 nitrogen and oxygen atoms in total. The highest BCUT2D eigenvalue weighted by Crippen LogP contribution is 2.18. The van der Waals surface area contributed by atoms with Gasteiger partial charge in [-0.2, -0.15) is 0 Å². The van der Waals surface area contributed by atoms with Crippen molar-refractivity contribution in [3.8, 4) is 0 Å². The van der Waals surface area contributed by atoms with Gasteiger partial charge in [-0.15, -0.1) is 0 Å². The Kier molecular flexibility index (Phi) is 5.07. The Bertz CT molecular complexity index is 927. The molecule has 140 valence electrons. The number of aromatic nitrogens is 2. The molecule has 0 bridgehead atoms. The number of fused-ring (bicyclic) bond motifs is 1. The summed E-state index contributed by atoms with van der Waals surface area (Å²) in [6.45, 7) is 4.52. The Morgan fingerprint density at radius 1 is 1.19 bits per heavy atom. The van der Waals surface area contributed by atoms with Crippen molar-refractivity contribution < 1.29 is 4.79 Å². The van der Waals surface area contributed by atoms with Gasteiger partial charge in [-0.05, 0) is 37.2 Å². The van der Waals surface area contributed by atoms with Crippen LogP contribution in [-0.4, -0.2) is 60.5 Å². The molecular weight excluding hydrogens is 338 g/mol. The van der Waals surface area contributed by atoms with Crippen molar-refractivity contribution in [1.29, 1.82) is 0 Å². The largest absolute Gasteiger partial charge is 0.361 e. The predicted octanol–water partition coefficient (Wildman–Crippen LogP) is 2.29. The number of hydrogen-bond acceptors (Lipinski definition) is 4. The Morgan fingerprint density at radius 2 is 2.00 bits per heavy atom. The van der Waals surface area contributed by atoms with Crippen molar-refractivity contribution in [3.05, 3.63) is 59.9 Å². The number of carbonyl (C=O) groups excluding carboxylic acids is 1. The summed E-state index contributed by atoms with van der Waals surface area (Å²) in [6, 6.07) is 11.9. The van der Waals surface area contributed by atoms with Crippen LogP contribution in [0.2, 0.25) is 0 Å². The molecule has 0 saturated carbocycles. The average Bonchev–Trinajstić information content (AvgIpc) is 3.12. The van der Waals surface area contributed by atoms with E-state index < -0.39 is 0 Å². The van der Waals surface area contributed by atoms with Crippen LogP contribution in [0.3, 0.4) is 0 Å². The van der Waals surface area contributed by atoms with E-state index in [0.717, 1.165) is 43.9 Å². The summed E-state index contributed by atoms with van der Waals surface area (Å²) in [5.41, 5.74) is 3.02. The Labute approximate surface area is 159 Å². The molecule has 0 unspecified atom stereocenters. The Morgan fingerprint density at radius 3 is 2.85 bits per heavy atom. The number of para-hydroxylation sites is 1. The van der Waals surface area contributed by atoms with Gasteiger partial charge in [0.15, 0.2) is 0 Å². The van der Waals surface area contributed by atoms with E-state index >= 15 is 0 Å². The molecule has 2 N–H and O–H groups in total. The molecule has 0 spiro atoms. The summed E-state index contributed by atoms with van der Waals surface area (Å²) in [5, 5.41) is 4.25. The van der Waals surface area contributed by atoms with E-state index in [1.165, 1.54) is 10.9 Å². The lowest BCUT2D eigenvalue weighted by atomic mass is 10.1. The fourth-order valence-electron chi connectivity index (χ4n) is 3.52. The minimum absolute atomic E-state index is 0.0485. The lowest BCUT2D eigenvalue weighted by Crippen LogP contribution is -2.44. The summed E-state index contributed by atoms with van der Waals surface area (Å²) < 4.78 is 0. The van der Waals surface area contributed by atoms with Crippen molar-refractivity contribution in [2.45, 2.75) is 6.42 Å². The van der Waals surface area contributed by atoms with Crippen molar-refractivity contribution >= 4 is 22.6 Å². The van der Waals surface area contributed by atoms with Gasteiger partial charge in [0.2, 0.25) is 0 Å². The number of nitrogens with one attached hydrogen (secondary N) is 2. The molecule has 2 aromatic heterocycles. The number of piperazine rings is 1. The fourth-order valence-corrected chi connectivity index (χ4v) is 3.52. The van der Waals surface area contributed by atoms with Crippen molar-refractivity contribution in [3.63, 3.8) is 0 Å². The van der Waals surface area contributed by atoms with E-state index in [0.29, 0.717) is 12.1 Å². The number of pyridine rings is 1. The van der Waals surface area contributed by atoms with Crippen LogP contribution in [0.25, 0.3) is 10.9 Å². The van der Waals surface area contributed by atoms with Gasteiger partial charge in [0.1, 0.15) is 5.82 Å². The van der Waals surface area contributed by atoms with Crippen molar-refractivity contribution in [2.24, 2.45) is 0 Å². The summed E-state index contributed by atoms with van der Waals surface area (Å²) in [4.78, 5) is 24.8. The Hall–Kier alpha value is -2.86. The smallest absolute Gasteiger partial charge is 0.251 e. The fraction of sp³-hybridized carbons (Fsp3) is 0.333. The molecule has 1 amide bonds. The molecule has 6 heteroatoms. The molecule has 0 aliphatic carbocycles. The van der Waals surface area contributed by atoms with Gasteiger partial charge in [-0.25, -0.2) is 4.98 Å². The number of aromatic amines is 1. The molecular formula is C21H25N5O. The quantitative estimate of drug-likeness (QED) is 0.730. The second-order valence-electron chi connectivity index (χ2n) is 7.06. The van der Waals surface area contributed by atoms with Crippen LogP contribution in [0.15, 0.2) is 48.8 Å². The molecule has 1 aromatic carbocycles. The third kappa shape index (κ3) is 3.95. The van der Waals surface area contributed by atoms with E-state index in [1.807, 2.05) is 24.4 Å². The number of rotatable bonds is 5. The minimum atomic E-state index is -0.0485. The first-order valence-electron chi connectivity index (χ1n) is 9.43. The third-order valence-corrected chi connectivity index (χ3v) is 5.19. The van der Waals surface area contributed by atoms with E-state index in [1.54, 1.807) is 12.3 Å². The maximum absolute atomic E-state index is 12.6. The first-order chi connectivity index (χ1) is 13.2. The highest BCUT2D eigenvalue weighted by atomic mass is 16.1. The zero-order valence-electron chi connectivity index (χ0n) is 15.6.